The largest absolute Gasteiger partial charge is 0.311 e. The van der Waals surface area contributed by atoms with Crippen molar-refractivity contribution in [3.63, 3.8) is 0 Å². The lowest BCUT2D eigenvalue weighted by Gasteiger charge is -2.26. The molecule has 12 rings (SSSR count). The van der Waals surface area contributed by atoms with E-state index >= 15 is 0 Å². The predicted octanol–water partition coefficient (Wildman–Crippen LogP) is 18.2. The Morgan fingerprint density at radius 2 is 0.562 bits per heavy atom. The molecule has 0 saturated carbocycles. The van der Waals surface area contributed by atoms with Crippen LogP contribution < -0.4 is 4.90 Å². The summed E-state index contributed by atoms with van der Waals surface area (Å²) in [6, 6.07) is 85.2. The van der Waals surface area contributed by atoms with Crippen molar-refractivity contribution in [2.75, 3.05) is 4.90 Å². The fraction of sp³-hybridized carbons (Fsp3) is 0.0476. The molecular formula is C63H45N. The molecule has 302 valence electrons. The van der Waals surface area contributed by atoms with E-state index in [1.807, 2.05) is 0 Å². The highest BCUT2D eigenvalue weighted by molar-refractivity contribution is 6.33. The third kappa shape index (κ3) is 6.40. The predicted molar refractivity (Wildman–Crippen MR) is 277 cm³/mol. The summed E-state index contributed by atoms with van der Waals surface area (Å²) in [4.78, 5) is 2.34. The van der Waals surface area contributed by atoms with Crippen molar-refractivity contribution in [3.8, 4) is 33.4 Å². The maximum Gasteiger partial charge on any atom is 0.0462 e. The van der Waals surface area contributed by atoms with E-state index in [9.17, 15) is 0 Å². The molecule has 0 unspecified atom stereocenters. The Morgan fingerprint density at radius 1 is 0.234 bits per heavy atom. The Balaban J connectivity index is 0.972. The maximum atomic E-state index is 2.47. The first-order chi connectivity index (χ1) is 31.6. The van der Waals surface area contributed by atoms with Crippen LogP contribution in [0.25, 0.3) is 98.0 Å². The van der Waals surface area contributed by atoms with E-state index in [-0.39, 0.29) is 0 Å². The topological polar surface area (TPSA) is 3.24 Å². The lowest BCUT2D eigenvalue weighted by molar-refractivity contribution is 0.867. The van der Waals surface area contributed by atoms with Gasteiger partial charge in [0.05, 0.1) is 0 Å². The molecule has 0 aliphatic carbocycles. The smallest absolute Gasteiger partial charge is 0.0462 e. The number of para-hydroxylation sites is 1. The van der Waals surface area contributed by atoms with Gasteiger partial charge in [0.25, 0.3) is 0 Å². The van der Waals surface area contributed by atoms with E-state index in [0.29, 0.717) is 5.92 Å². The maximum absolute atomic E-state index is 2.47. The molecule has 12 aromatic rings. The molecule has 1 nitrogen and oxygen atoms in total. The number of benzene rings is 12. The van der Waals surface area contributed by atoms with Crippen LogP contribution in [0, 0.1) is 0 Å². The van der Waals surface area contributed by atoms with Gasteiger partial charge in [-0.2, -0.15) is 0 Å². The first-order valence-corrected chi connectivity index (χ1v) is 22.4. The molecule has 0 heterocycles. The van der Waals surface area contributed by atoms with Gasteiger partial charge in [0.1, 0.15) is 0 Å². The number of anilines is 3. The van der Waals surface area contributed by atoms with E-state index in [0.717, 1.165) is 17.1 Å². The van der Waals surface area contributed by atoms with Crippen LogP contribution in [0.1, 0.15) is 25.3 Å². The van der Waals surface area contributed by atoms with E-state index in [1.54, 1.807) is 0 Å². The van der Waals surface area contributed by atoms with Gasteiger partial charge >= 0.3 is 0 Å². The highest BCUT2D eigenvalue weighted by atomic mass is 15.1. The van der Waals surface area contributed by atoms with Crippen molar-refractivity contribution in [3.05, 3.63) is 236 Å². The second-order valence-corrected chi connectivity index (χ2v) is 17.5. The first kappa shape index (κ1) is 37.7. The number of rotatable bonds is 7. The molecular weight excluding hydrogens is 771 g/mol. The Kier molecular flexibility index (Phi) is 9.09. The van der Waals surface area contributed by atoms with Gasteiger partial charge in [-0.3, -0.25) is 0 Å². The van der Waals surface area contributed by atoms with Gasteiger partial charge in [-0.1, -0.05) is 184 Å². The summed E-state index contributed by atoms with van der Waals surface area (Å²) >= 11 is 0. The zero-order chi connectivity index (χ0) is 42.7. The summed E-state index contributed by atoms with van der Waals surface area (Å²) in [6.45, 7) is 4.59. The molecule has 0 fully saturated rings. The summed E-state index contributed by atoms with van der Waals surface area (Å²) in [6.07, 6.45) is 0. The van der Waals surface area contributed by atoms with Crippen LogP contribution in [0.2, 0.25) is 0 Å². The molecule has 0 saturated heterocycles. The third-order valence-corrected chi connectivity index (χ3v) is 13.4. The molecule has 0 spiro atoms. The van der Waals surface area contributed by atoms with E-state index in [1.165, 1.54) is 104 Å². The Bertz CT molecular complexity index is 3720. The van der Waals surface area contributed by atoms with Crippen molar-refractivity contribution in [2.45, 2.75) is 19.8 Å². The molecule has 0 aliphatic heterocycles. The van der Waals surface area contributed by atoms with Gasteiger partial charge in [0.2, 0.25) is 0 Å². The minimum Gasteiger partial charge on any atom is -0.311 e. The summed E-state index contributed by atoms with van der Waals surface area (Å²) < 4.78 is 0. The lowest BCUT2D eigenvalue weighted by atomic mass is 9.87. The second kappa shape index (κ2) is 15.4. The second-order valence-electron chi connectivity index (χ2n) is 17.5. The normalized spacial score (nSPS) is 11.7. The summed E-state index contributed by atoms with van der Waals surface area (Å²) in [5.74, 6) is 0.370. The monoisotopic (exact) mass is 815 g/mol. The summed E-state index contributed by atoms with van der Waals surface area (Å²) in [5, 5.41) is 15.5. The molecule has 0 atom stereocenters. The minimum atomic E-state index is 0.370. The highest BCUT2D eigenvalue weighted by Crippen LogP contribution is 2.44. The number of hydrogen-bond donors (Lipinski definition) is 0. The molecule has 0 amide bonds. The van der Waals surface area contributed by atoms with E-state index in [2.05, 4.69) is 249 Å². The van der Waals surface area contributed by atoms with Gasteiger partial charge < -0.3 is 4.90 Å². The zero-order valence-electron chi connectivity index (χ0n) is 36.0. The number of fused-ring (bicyclic) bond motifs is 12. The molecule has 0 radical (unpaired) electrons. The van der Waals surface area contributed by atoms with Crippen molar-refractivity contribution < 1.29 is 0 Å². The zero-order valence-corrected chi connectivity index (χ0v) is 36.0. The Labute approximate surface area is 374 Å². The van der Waals surface area contributed by atoms with Gasteiger partial charge in [-0.25, -0.2) is 0 Å². The van der Waals surface area contributed by atoms with Gasteiger partial charge in [0.15, 0.2) is 0 Å². The summed E-state index contributed by atoms with van der Waals surface area (Å²) in [7, 11) is 0. The molecule has 0 N–H and O–H groups in total. The van der Waals surface area contributed by atoms with Crippen LogP contribution in [0.15, 0.2) is 231 Å². The van der Waals surface area contributed by atoms with E-state index < -0.39 is 0 Å². The van der Waals surface area contributed by atoms with E-state index in [4.69, 9.17) is 0 Å². The standard InChI is InChI=1S/C63H45N/c1-41(2)46-35-47(44-27-32-51(33-28-44)64(49-17-7-4-8-18-49)50-30-25-43(26-31-50)42-15-5-3-6-16-42)37-48(36-46)45-29-34-58-59(38-45)56-23-13-14-24-57(56)62-39-60-54-21-11-9-19-52(54)53-20-10-12-22-55(53)61(60)40-63(58)62/h3-41H,1-2H3. The van der Waals surface area contributed by atoms with Crippen LogP contribution in [0.5, 0.6) is 0 Å². The average molecular weight is 816 g/mol. The quantitative estimate of drug-likeness (QED) is 0.114. The SMILES string of the molecule is CC(C)c1cc(-c2ccc(N(c3ccccc3)c3ccc(-c4ccccc4)cc3)cc2)cc(-c2ccc3c(c2)c2ccccc2c2cc4c5ccccc5c5ccccc5c4cc32)c1. The van der Waals surface area contributed by atoms with Gasteiger partial charge in [-0.05, 0) is 170 Å². The molecule has 0 aromatic heterocycles. The van der Waals surface area contributed by atoms with Crippen molar-refractivity contribution in [1.82, 2.24) is 0 Å². The first-order valence-electron chi connectivity index (χ1n) is 22.4. The molecule has 64 heavy (non-hydrogen) atoms. The van der Waals surface area contributed by atoms with Crippen LogP contribution in [0.3, 0.4) is 0 Å². The number of hydrogen-bond acceptors (Lipinski definition) is 1. The van der Waals surface area contributed by atoms with Crippen LogP contribution >= 0.6 is 0 Å². The Hall–Kier alpha value is -8.00. The Morgan fingerprint density at radius 3 is 1.03 bits per heavy atom. The van der Waals surface area contributed by atoms with Crippen LogP contribution in [-0.4, -0.2) is 0 Å². The van der Waals surface area contributed by atoms with Crippen LogP contribution in [0.4, 0.5) is 17.1 Å². The number of nitrogens with zero attached hydrogens (tertiary/aromatic N) is 1. The fourth-order valence-electron chi connectivity index (χ4n) is 10.1. The van der Waals surface area contributed by atoms with Gasteiger partial charge in [0, 0.05) is 17.1 Å². The average Bonchev–Trinajstić information content (AvgIpc) is 3.37. The van der Waals surface area contributed by atoms with Crippen molar-refractivity contribution >= 4 is 81.7 Å². The van der Waals surface area contributed by atoms with Gasteiger partial charge in [-0.15, -0.1) is 0 Å². The third-order valence-electron chi connectivity index (χ3n) is 13.4. The summed E-state index contributed by atoms with van der Waals surface area (Å²) in [5.41, 5.74) is 12.0. The lowest BCUT2D eigenvalue weighted by Crippen LogP contribution is -2.09. The minimum absolute atomic E-state index is 0.370. The molecule has 0 aliphatic rings. The molecule has 12 aromatic carbocycles. The van der Waals surface area contributed by atoms with Crippen molar-refractivity contribution in [1.29, 1.82) is 0 Å². The fourth-order valence-corrected chi connectivity index (χ4v) is 10.1. The molecule has 1 heteroatoms. The van der Waals surface area contributed by atoms with Crippen LogP contribution in [-0.2, 0) is 0 Å². The highest BCUT2D eigenvalue weighted by Gasteiger charge is 2.17. The molecule has 0 bridgehead atoms. The van der Waals surface area contributed by atoms with Crippen molar-refractivity contribution in [2.24, 2.45) is 0 Å².